The summed E-state index contributed by atoms with van der Waals surface area (Å²) in [4.78, 5) is 38.4. The third-order valence-corrected chi connectivity index (χ3v) is 4.04. The van der Waals surface area contributed by atoms with Gasteiger partial charge in [-0.2, -0.15) is 0 Å². The molecule has 1 aliphatic heterocycles. The zero-order valence-electron chi connectivity index (χ0n) is 13.8. The van der Waals surface area contributed by atoms with Crippen LogP contribution in [-0.4, -0.2) is 60.2 Å². The topological polar surface area (TPSA) is 69.7 Å². The maximum absolute atomic E-state index is 12.8. The highest BCUT2D eigenvalue weighted by Crippen LogP contribution is 2.05. The highest BCUT2D eigenvalue weighted by Gasteiger charge is 2.23. The molecule has 1 aromatic carbocycles. The molecule has 24 heavy (non-hydrogen) atoms. The van der Waals surface area contributed by atoms with Gasteiger partial charge in [-0.3, -0.25) is 14.4 Å². The van der Waals surface area contributed by atoms with Crippen molar-refractivity contribution in [3.63, 3.8) is 0 Å². The lowest BCUT2D eigenvalue weighted by molar-refractivity contribution is -0.141. The number of halogens is 1. The minimum atomic E-state index is -0.323. The molecule has 7 heteroatoms. The van der Waals surface area contributed by atoms with Crippen LogP contribution in [0.1, 0.15) is 18.9 Å². The molecule has 0 aromatic heterocycles. The van der Waals surface area contributed by atoms with Gasteiger partial charge in [0.1, 0.15) is 12.2 Å². The Morgan fingerprint density at radius 3 is 2.21 bits per heavy atom. The second-order valence-corrected chi connectivity index (χ2v) is 5.79. The summed E-state index contributed by atoms with van der Waals surface area (Å²) in [5.74, 6) is -0.840. The molecule has 3 amide bonds. The molecule has 0 atom stereocenters. The maximum atomic E-state index is 12.8. The Balaban J connectivity index is 1.67. The van der Waals surface area contributed by atoms with E-state index in [2.05, 4.69) is 5.32 Å². The van der Waals surface area contributed by atoms with E-state index in [-0.39, 0.29) is 30.0 Å². The number of carbonyl (C=O) groups excluding carboxylic acids is 3. The van der Waals surface area contributed by atoms with Gasteiger partial charge in [-0.25, -0.2) is 4.39 Å². The van der Waals surface area contributed by atoms with Gasteiger partial charge in [0.2, 0.25) is 17.7 Å². The minimum Gasteiger partial charge on any atom is -0.355 e. The van der Waals surface area contributed by atoms with Crippen LogP contribution in [0.15, 0.2) is 24.3 Å². The Labute approximate surface area is 140 Å². The van der Waals surface area contributed by atoms with Crippen molar-refractivity contribution in [2.75, 3.05) is 32.7 Å². The summed E-state index contributed by atoms with van der Waals surface area (Å²) < 4.78 is 12.8. The minimum absolute atomic E-state index is 0.000588. The van der Waals surface area contributed by atoms with Gasteiger partial charge < -0.3 is 15.1 Å². The molecule has 0 radical (unpaired) electrons. The Bertz CT molecular complexity index is 596. The average Bonchev–Trinajstić information content (AvgIpc) is 2.56. The fraction of sp³-hybridized carbons (Fsp3) is 0.471. The standard InChI is InChI=1S/C17H22FN3O3/c1-13(22)20-8-10-21(11-9-20)17(24)12-16(23)19-7-6-14-2-4-15(18)5-3-14/h2-5H,6-12H2,1H3,(H,19,23). The summed E-state index contributed by atoms with van der Waals surface area (Å²) in [5.41, 5.74) is 0.920. The van der Waals surface area contributed by atoms with Gasteiger partial charge >= 0.3 is 0 Å². The van der Waals surface area contributed by atoms with Gasteiger partial charge in [0.15, 0.2) is 0 Å². The van der Waals surface area contributed by atoms with Crippen molar-refractivity contribution >= 4 is 17.7 Å². The summed E-state index contributed by atoms with van der Waals surface area (Å²) in [6.07, 6.45) is 0.390. The smallest absolute Gasteiger partial charge is 0.232 e. The molecule has 1 aromatic rings. The van der Waals surface area contributed by atoms with Crippen LogP contribution in [0.5, 0.6) is 0 Å². The number of rotatable bonds is 5. The summed E-state index contributed by atoms with van der Waals surface area (Å²) in [5, 5.41) is 2.70. The van der Waals surface area contributed by atoms with E-state index in [4.69, 9.17) is 0 Å². The van der Waals surface area contributed by atoms with E-state index in [1.807, 2.05) is 0 Å². The van der Waals surface area contributed by atoms with E-state index in [0.29, 0.717) is 39.1 Å². The van der Waals surface area contributed by atoms with Crippen LogP contribution in [0, 0.1) is 5.82 Å². The van der Waals surface area contributed by atoms with Gasteiger partial charge in [-0.15, -0.1) is 0 Å². The molecule has 1 heterocycles. The molecule has 0 unspecified atom stereocenters. The van der Waals surface area contributed by atoms with Crippen molar-refractivity contribution in [2.45, 2.75) is 19.8 Å². The Morgan fingerprint density at radius 1 is 1.04 bits per heavy atom. The lowest BCUT2D eigenvalue weighted by Crippen LogP contribution is -2.50. The van der Waals surface area contributed by atoms with Crippen LogP contribution < -0.4 is 5.32 Å². The Morgan fingerprint density at radius 2 is 1.62 bits per heavy atom. The van der Waals surface area contributed by atoms with Crippen LogP contribution in [0.4, 0.5) is 4.39 Å². The predicted octanol–water partition coefficient (Wildman–Crippen LogP) is 0.565. The van der Waals surface area contributed by atoms with Gasteiger partial charge in [0, 0.05) is 39.6 Å². The lowest BCUT2D eigenvalue weighted by atomic mass is 10.1. The number of nitrogens with zero attached hydrogens (tertiary/aromatic N) is 2. The Hall–Kier alpha value is -2.44. The van der Waals surface area contributed by atoms with Crippen LogP contribution in [0.3, 0.4) is 0 Å². The molecule has 2 rings (SSSR count). The van der Waals surface area contributed by atoms with Crippen molar-refractivity contribution in [3.05, 3.63) is 35.6 Å². The van der Waals surface area contributed by atoms with Crippen molar-refractivity contribution in [1.82, 2.24) is 15.1 Å². The normalized spacial score (nSPS) is 14.4. The van der Waals surface area contributed by atoms with Crippen molar-refractivity contribution in [1.29, 1.82) is 0 Å². The SMILES string of the molecule is CC(=O)N1CCN(C(=O)CC(=O)NCCc2ccc(F)cc2)CC1. The van der Waals surface area contributed by atoms with Gasteiger partial charge in [0.25, 0.3) is 0 Å². The second-order valence-electron chi connectivity index (χ2n) is 5.79. The monoisotopic (exact) mass is 335 g/mol. The first kappa shape index (κ1) is 17.9. The maximum Gasteiger partial charge on any atom is 0.232 e. The lowest BCUT2D eigenvalue weighted by Gasteiger charge is -2.34. The quantitative estimate of drug-likeness (QED) is 0.800. The van der Waals surface area contributed by atoms with Crippen LogP contribution in [0.25, 0.3) is 0 Å². The molecule has 1 N–H and O–H groups in total. The number of hydrogen-bond donors (Lipinski definition) is 1. The predicted molar refractivity (Wildman–Crippen MR) is 86.6 cm³/mol. The fourth-order valence-electron chi connectivity index (χ4n) is 2.58. The highest BCUT2D eigenvalue weighted by molar-refractivity contribution is 5.97. The number of amides is 3. The second kappa shape index (κ2) is 8.42. The average molecular weight is 335 g/mol. The summed E-state index contributed by atoms with van der Waals surface area (Å²) >= 11 is 0. The largest absolute Gasteiger partial charge is 0.355 e. The van der Waals surface area contributed by atoms with Crippen molar-refractivity contribution in [2.24, 2.45) is 0 Å². The van der Waals surface area contributed by atoms with Crippen LogP contribution in [-0.2, 0) is 20.8 Å². The molecular weight excluding hydrogens is 313 g/mol. The summed E-state index contributed by atoms with van der Waals surface area (Å²) in [7, 11) is 0. The number of piperazine rings is 1. The number of carbonyl (C=O) groups is 3. The van der Waals surface area contributed by atoms with E-state index in [1.165, 1.54) is 19.1 Å². The molecule has 1 saturated heterocycles. The third-order valence-electron chi connectivity index (χ3n) is 4.04. The molecule has 0 aliphatic carbocycles. The molecule has 0 spiro atoms. The molecule has 130 valence electrons. The summed E-state index contributed by atoms with van der Waals surface area (Å²) in [6.45, 7) is 3.84. The van der Waals surface area contributed by atoms with Crippen LogP contribution in [0.2, 0.25) is 0 Å². The van der Waals surface area contributed by atoms with E-state index >= 15 is 0 Å². The first-order valence-corrected chi connectivity index (χ1v) is 8.00. The fourth-order valence-corrected chi connectivity index (χ4v) is 2.58. The first-order valence-electron chi connectivity index (χ1n) is 8.00. The molecule has 1 fully saturated rings. The number of hydrogen-bond acceptors (Lipinski definition) is 3. The molecule has 0 bridgehead atoms. The van der Waals surface area contributed by atoms with E-state index < -0.39 is 0 Å². The van der Waals surface area contributed by atoms with Gasteiger partial charge in [-0.1, -0.05) is 12.1 Å². The molecule has 0 saturated carbocycles. The summed E-state index contributed by atoms with van der Waals surface area (Å²) in [6, 6.07) is 6.09. The number of nitrogens with one attached hydrogen (secondary N) is 1. The van der Waals surface area contributed by atoms with E-state index in [9.17, 15) is 18.8 Å². The van der Waals surface area contributed by atoms with Crippen molar-refractivity contribution in [3.8, 4) is 0 Å². The Kier molecular flexibility index (Phi) is 6.28. The van der Waals surface area contributed by atoms with Crippen molar-refractivity contribution < 1.29 is 18.8 Å². The van der Waals surface area contributed by atoms with E-state index in [0.717, 1.165) is 5.56 Å². The zero-order valence-corrected chi connectivity index (χ0v) is 13.8. The third kappa shape index (κ3) is 5.33. The molecule has 1 aliphatic rings. The van der Waals surface area contributed by atoms with E-state index in [1.54, 1.807) is 21.9 Å². The molecule has 6 nitrogen and oxygen atoms in total. The molecular formula is C17H22FN3O3. The highest BCUT2D eigenvalue weighted by atomic mass is 19.1. The van der Waals surface area contributed by atoms with Gasteiger partial charge in [-0.05, 0) is 24.1 Å². The van der Waals surface area contributed by atoms with Crippen LogP contribution >= 0.6 is 0 Å². The van der Waals surface area contributed by atoms with Gasteiger partial charge in [0.05, 0.1) is 0 Å². The first-order chi connectivity index (χ1) is 11.5. The zero-order chi connectivity index (χ0) is 17.5. The number of benzene rings is 1.